The van der Waals surface area contributed by atoms with Crippen LogP contribution in [0.1, 0.15) is 24.6 Å². The van der Waals surface area contributed by atoms with Gasteiger partial charge in [-0.3, -0.25) is 9.36 Å². The molecule has 1 atom stereocenters. The smallest absolute Gasteiger partial charge is 0.304 e. The van der Waals surface area contributed by atoms with Crippen LogP contribution >= 0.6 is 11.3 Å². The quantitative estimate of drug-likeness (QED) is 0.773. The fraction of sp³-hybridized carbons (Fsp3) is 0.583. The fourth-order valence-corrected chi connectivity index (χ4v) is 3.99. The van der Waals surface area contributed by atoms with Gasteiger partial charge in [-0.05, 0) is 24.2 Å². The van der Waals surface area contributed by atoms with Crippen molar-refractivity contribution < 1.29 is 9.29 Å². The van der Waals surface area contributed by atoms with Crippen LogP contribution in [0.3, 0.4) is 0 Å². The van der Waals surface area contributed by atoms with Gasteiger partial charge in [0.2, 0.25) is 0 Å². The molecule has 2 aromatic heterocycles. The molecule has 1 unspecified atom stereocenters. The SMILES string of the molecule is Cn1c(C2CCOCC2)nc2sc([S+](C)[O-])nc2c1=O. The molecular formula is C12H15N3O3S2. The lowest BCUT2D eigenvalue weighted by atomic mass is 9.99. The maximum Gasteiger partial charge on any atom is 0.304 e. The topological polar surface area (TPSA) is 80.1 Å². The van der Waals surface area contributed by atoms with Crippen LogP contribution in [0.2, 0.25) is 0 Å². The van der Waals surface area contributed by atoms with Gasteiger partial charge in [0.05, 0.1) is 0 Å². The van der Waals surface area contributed by atoms with E-state index in [1.54, 1.807) is 17.9 Å². The van der Waals surface area contributed by atoms with Crippen molar-refractivity contribution in [2.45, 2.75) is 23.1 Å². The highest BCUT2D eigenvalue weighted by Crippen LogP contribution is 2.27. The van der Waals surface area contributed by atoms with E-state index in [2.05, 4.69) is 9.97 Å². The van der Waals surface area contributed by atoms with Crippen molar-refractivity contribution in [3.05, 3.63) is 16.2 Å². The lowest BCUT2D eigenvalue weighted by Gasteiger charge is -2.22. The second-order valence-corrected chi connectivity index (χ2v) is 7.34. The van der Waals surface area contributed by atoms with E-state index >= 15 is 0 Å². The monoisotopic (exact) mass is 313 g/mol. The van der Waals surface area contributed by atoms with Gasteiger partial charge < -0.3 is 9.29 Å². The molecule has 6 nitrogen and oxygen atoms in total. The van der Waals surface area contributed by atoms with Gasteiger partial charge >= 0.3 is 4.34 Å². The number of nitrogens with zero attached hydrogens (tertiary/aromatic N) is 3. The standard InChI is InChI=1S/C12H15N3O3S2/c1-15-9(7-3-5-18-6-4-7)14-10-8(11(15)16)13-12(19-10)20(2)17/h7H,3-6H2,1-2H3. The normalized spacial score (nSPS) is 18.6. The third kappa shape index (κ3) is 2.37. The van der Waals surface area contributed by atoms with Crippen LogP contribution in [0, 0.1) is 0 Å². The maximum absolute atomic E-state index is 12.4. The van der Waals surface area contributed by atoms with Gasteiger partial charge in [-0.1, -0.05) is 0 Å². The molecule has 2 aromatic rings. The summed E-state index contributed by atoms with van der Waals surface area (Å²) in [6.07, 6.45) is 3.30. The lowest BCUT2D eigenvalue weighted by molar-refractivity contribution is 0.0828. The van der Waals surface area contributed by atoms with E-state index in [1.807, 2.05) is 0 Å². The molecule has 20 heavy (non-hydrogen) atoms. The van der Waals surface area contributed by atoms with Crippen molar-refractivity contribution in [2.24, 2.45) is 7.05 Å². The van der Waals surface area contributed by atoms with Crippen LogP contribution in [0.25, 0.3) is 10.3 Å². The zero-order valence-electron chi connectivity index (χ0n) is 11.3. The zero-order chi connectivity index (χ0) is 14.3. The minimum atomic E-state index is -1.19. The fourth-order valence-electron chi connectivity index (χ4n) is 2.39. The molecule has 3 rings (SSSR count). The van der Waals surface area contributed by atoms with Gasteiger partial charge in [-0.15, -0.1) is 0 Å². The molecule has 0 aromatic carbocycles. The highest BCUT2D eigenvalue weighted by Gasteiger charge is 2.24. The van der Waals surface area contributed by atoms with E-state index in [-0.39, 0.29) is 11.5 Å². The Labute approximate surface area is 123 Å². The predicted octanol–water partition coefficient (Wildman–Crippen LogP) is 1.02. The molecule has 108 valence electrons. The highest BCUT2D eigenvalue weighted by molar-refractivity contribution is 7.92. The van der Waals surface area contributed by atoms with Gasteiger partial charge in [-0.25, -0.2) is 4.98 Å². The van der Waals surface area contributed by atoms with E-state index in [4.69, 9.17) is 4.74 Å². The first-order valence-electron chi connectivity index (χ1n) is 6.36. The van der Waals surface area contributed by atoms with Crippen LogP contribution in [0.4, 0.5) is 0 Å². The van der Waals surface area contributed by atoms with Crippen molar-refractivity contribution >= 4 is 32.9 Å². The van der Waals surface area contributed by atoms with E-state index in [0.29, 0.717) is 27.9 Å². The molecule has 1 aliphatic rings. The van der Waals surface area contributed by atoms with Crippen molar-refractivity contribution in [2.75, 3.05) is 19.5 Å². The molecule has 0 saturated carbocycles. The van der Waals surface area contributed by atoms with Crippen molar-refractivity contribution in [3.63, 3.8) is 0 Å². The molecular weight excluding hydrogens is 298 g/mol. The summed E-state index contributed by atoms with van der Waals surface area (Å²) < 4.78 is 18.9. The molecule has 0 aliphatic carbocycles. The molecule has 0 bridgehead atoms. The van der Waals surface area contributed by atoms with Crippen molar-refractivity contribution in [3.8, 4) is 0 Å². The Kier molecular flexibility index (Phi) is 3.80. The second-order valence-electron chi connectivity index (χ2n) is 4.81. The third-order valence-corrected chi connectivity index (χ3v) is 5.77. The second kappa shape index (κ2) is 5.44. The summed E-state index contributed by atoms with van der Waals surface area (Å²) >= 11 is 0.0509. The largest absolute Gasteiger partial charge is 0.610 e. The molecule has 1 saturated heterocycles. The molecule has 1 fully saturated rings. The minimum absolute atomic E-state index is 0.163. The van der Waals surface area contributed by atoms with E-state index < -0.39 is 11.2 Å². The molecule has 0 N–H and O–H groups in total. The van der Waals surface area contributed by atoms with Gasteiger partial charge in [0, 0.05) is 37.4 Å². The van der Waals surface area contributed by atoms with Gasteiger partial charge in [-0.2, -0.15) is 4.98 Å². The zero-order valence-corrected chi connectivity index (χ0v) is 12.9. The van der Waals surface area contributed by atoms with Crippen LogP contribution in [-0.4, -0.2) is 38.6 Å². The van der Waals surface area contributed by atoms with Crippen LogP contribution in [-0.2, 0) is 23.0 Å². The molecule has 0 spiro atoms. The van der Waals surface area contributed by atoms with E-state index in [0.717, 1.165) is 18.7 Å². The summed E-state index contributed by atoms with van der Waals surface area (Å²) in [7, 11) is 1.72. The van der Waals surface area contributed by atoms with Gasteiger partial charge in [0.1, 0.15) is 12.1 Å². The summed E-state index contributed by atoms with van der Waals surface area (Å²) in [5.74, 6) is 1.02. The summed E-state index contributed by atoms with van der Waals surface area (Å²) in [5.41, 5.74) is 0.156. The summed E-state index contributed by atoms with van der Waals surface area (Å²) in [4.78, 5) is 21.7. The first-order chi connectivity index (χ1) is 9.58. The van der Waals surface area contributed by atoms with Gasteiger partial charge in [0.25, 0.3) is 5.56 Å². The highest BCUT2D eigenvalue weighted by atomic mass is 32.2. The van der Waals surface area contributed by atoms with Crippen LogP contribution in [0.15, 0.2) is 9.13 Å². The Hall–Kier alpha value is -0.960. The lowest BCUT2D eigenvalue weighted by Crippen LogP contribution is -2.26. The number of rotatable bonds is 2. The van der Waals surface area contributed by atoms with E-state index in [1.165, 1.54) is 11.3 Å². The molecule has 0 amide bonds. The number of thiazole rings is 1. The third-order valence-electron chi connectivity index (χ3n) is 3.49. The predicted molar refractivity (Wildman–Crippen MR) is 77.8 cm³/mol. The average Bonchev–Trinajstić information content (AvgIpc) is 2.88. The number of ether oxygens (including phenoxy) is 1. The molecule has 3 heterocycles. The minimum Gasteiger partial charge on any atom is -0.610 e. The molecule has 1 aliphatic heterocycles. The summed E-state index contributed by atoms with van der Waals surface area (Å²) in [5, 5.41) is 0. The maximum atomic E-state index is 12.4. The number of hydrogen-bond acceptors (Lipinski definition) is 6. The summed E-state index contributed by atoms with van der Waals surface area (Å²) in [6, 6.07) is 0. The van der Waals surface area contributed by atoms with Crippen LogP contribution < -0.4 is 5.56 Å². The van der Waals surface area contributed by atoms with E-state index in [9.17, 15) is 9.35 Å². The Bertz CT molecular complexity index is 689. The Balaban J connectivity index is 2.13. The first kappa shape index (κ1) is 14.0. The Morgan fingerprint density at radius 3 is 2.75 bits per heavy atom. The van der Waals surface area contributed by atoms with Crippen molar-refractivity contribution in [1.82, 2.24) is 14.5 Å². The number of fused-ring (bicyclic) bond motifs is 1. The first-order valence-corrected chi connectivity index (χ1v) is 8.74. The number of hydrogen-bond donors (Lipinski definition) is 0. The van der Waals surface area contributed by atoms with Crippen LogP contribution in [0.5, 0.6) is 0 Å². The summed E-state index contributed by atoms with van der Waals surface area (Å²) in [6.45, 7) is 1.40. The average molecular weight is 313 g/mol. The Morgan fingerprint density at radius 1 is 1.40 bits per heavy atom. The number of aromatic nitrogens is 3. The molecule has 8 heteroatoms. The van der Waals surface area contributed by atoms with Crippen molar-refractivity contribution in [1.29, 1.82) is 0 Å². The Morgan fingerprint density at radius 2 is 2.10 bits per heavy atom. The van der Waals surface area contributed by atoms with Gasteiger partial charge in [0.15, 0.2) is 10.3 Å². The molecule has 0 radical (unpaired) electrons.